The largest absolute Gasteiger partial charge is 0.496 e. The van der Waals surface area contributed by atoms with Crippen LogP contribution in [0.5, 0.6) is 5.75 Å². The molecule has 0 spiro atoms. The molecule has 1 heterocycles. The molecule has 2 aromatic rings. The summed E-state index contributed by atoms with van der Waals surface area (Å²) in [5.41, 5.74) is 1.39. The Morgan fingerprint density at radius 2 is 1.89 bits per heavy atom. The molecule has 0 aliphatic carbocycles. The molecule has 0 saturated carbocycles. The van der Waals surface area contributed by atoms with Crippen LogP contribution in [-0.2, 0) is 26.0 Å². The first kappa shape index (κ1) is 29.6. The highest BCUT2D eigenvalue weighted by Gasteiger charge is 2.42. The summed E-state index contributed by atoms with van der Waals surface area (Å²) in [5.74, 6) is -1.89. The molecule has 0 radical (unpaired) electrons. The molecule has 208 valence electrons. The molecular weight excluding hydrogens is 508 g/mol. The zero-order valence-electron chi connectivity index (χ0n) is 22.2. The molecule has 3 atom stereocenters. The van der Waals surface area contributed by atoms with Crippen LogP contribution >= 0.6 is 0 Å². The fraction of sp³-hybridized carbons (Fsp3) is 0.500. The normalized spacial score (nSPS) is 21.2. The van der Waals surface area contributed by atoms with Crippen LogP contribution in [0.25, 0.3) is 0 Å². The minimum atomic E-state index is -3.73. The smallest absolute Gasteiger partial charge is 0.320 e. The zero-order chi connectivity index (χ0) is 27.9. The Morgan fingerprint density at radius 1 is 1.18 bits per heavy atom. The van der Waals surface area contributed by atoms with Crippen LogP contribution in [0.4, 0.5) is 0 Å². The molecule has 0 bridgehead atoms. The van der Waals surface area contributed by atoms with Crippen molar-refractivity contribution >= 4 is 21.8 Å². The van der Waals surface area contributed by atoms with Crippen LogP contribution in [-0.4, -0.2) is 55.0 Å². The van der Waals surface area contributed by atoms with Crippen LogP contribution in [0.2, 0.25) is 0 Å². The van der Waals surface area contributed by atoms with Crippen molar-refractivity contribution in [3.8, 4) is 5.75 Å². The van der Waals surface area contributed by atoms with Crippen molar-refractivity contribution in [2.24, 2.45) is 0 Å². The molecule has 10 heteroatoms. The van der Waals surface area contributed by atoms with Crippen molar-refractivity contribution in [3.63, 3.8) is 0 Å². The van der Waals surface area contributed by atoms with E-state index in [1.165, 1.54) is 7.11 Å². The number of unbranched alkanes of at least 4 members (excludes halogenated alkanes) is 1. The molecule has 1 aliphatic heterocycles. The average molecular weight is 547 g/mol. The number of benzene rings is 2. The predicted molar refractivity (Wildman–Crippen MR) is 144 cm³/mol. The first-order chi connectivity index (χ1) is 18.1. The van der Waals surface area contributed by atoms with E-state index in [2.05, 4.69) is 17.6 Å². The minimum Gasteiger partial charge on any atom is -0.496 e. The standard InChI is InChI=1S/C28H38N2O7S/c1-4-6-14-28(5-2)18-38(35,36)24-15-20(17-29-22(27(33)34)12-13-25(31)32)23(37-3)16-21(24)26(30-28)19-10-8-7-9-11-19/h7-11,15-16,22,26,29-30H,4-6,12-14,17-18H2,1-3H3,(H,31,32)(H,33,34)/t22?,26-,28-/m1/s1. The monoisotopic (exact) mass is 546 g/mol. The van der Waals surface area contributed by atoms with Gasteiger partial charge in [0, 0.05) is 24.1 Å². The summed E-state index contributed by atoms with van der Waals surface area (Å²) in [6.45, 7) is 4.10. The highest BCUT2D eigenvalue weighted by atomic mass is 32.2. The number of carboxylic acids is 2. The Bertz CT molecular complexity index is 1230. The number of methoxy groups -OCH3 is 1. The summed E-state index contributed by atoms with van der Waals surface area (Å²) >= 11 is 0. The van der Waals surface area contributed by atoms with Gasteiger partial charge in [-0.25, -0.2) is 8.42 Å². The lowest BCUT2D eigenvalue weighted by molar-refractivity contribution is -0.140. The van der Waals surface area contributed by atoms with Gasteiger partial charge in [0.1, 0.15) is 11.8 Å². The fourth-order valence-electron chi connectivity index (χ4n) is 5.07. The van der Waals surface area contributed by atoms with Gasteiger partial charge < -0.3 is 20.3 Å². The fourth-order valence-corrected chi connectivity index (χ4v) is 7.24. The van der Waals surface area contributed by atoms with Crippen molar-refractivity contribution in [2.45, 2.75) is 81.4 Å². The lowest BCUT2D eigenvalue weighted by atomic mass is 9.88. The SMILES string of the molecule is CCCC[C@]1(CC)CS(=O)(=O)c2cc(CNC(CCC(=O)O)C(=O)O)c(OC)cc2[C@@H](c2ccccc2)N1. The summed E-state index contributed by atoms with van der Waals surface area (Å²) in [6, 6.07) is 11.5. The van der Waals surface area contributed by atoms with Gasteiger partial charge in [0.05, 0.1) is 23.8 Å². The van der Waals surface area contributed by atoms with E-state index in [9.17, 15) is 23.1 Å². The summed E-state index contributed by atoms with van der Waals surface area (Å²) in [4.78, 5) is 22.8. The molecule has 1 unspecified atom stereocenters. The summed E-state index contributed by atoms with van der Waals surface area (Å²) < 4.78 is 33.5. The van der Waals surface area contributed by atoms with E-state index in [1.54, 1.807) is 12.1 Å². The Hall–Kier alpha value is -2.95. The lowest BCUT2D eigenvalue weighted by Crippen LogP contribution is -2.50. The number of nitrogens with one attached hydrogen (secondary N) is 2. The lowest BCUT2D eigenvalue weighted by Gasteiger charge is -2.36. The number of carbonyl (C=O) groups is 2. The maximum atomic E-state index is 13.9. The van der Waals surface area contributed by atoms with E-state index in [-0.39, 0.29) is 30.0 Å². The number of hydrogen-bond acceptors (Lipinski definition) is 7. The molecule has 3 rings (SSSR count). The Kier molecular flexibility index (Phi) is 9.92. The van der Waals surface area contributed by atoms with Crippen molar-refractivity contribution in [1.29, 1.82) is 0 Å². The summed E-state index contributed by atoms with van der Waals surface area (Å²) in [5, 5.41) is 25.1. The van der Waals surface area contributed by atoms with E-state index in [4.69, 9.17) is 9.84 Å². The van der Waals surface area contributed by atoms with Gasteiger partial charge >= 0.3 is 11.9 Å². The van der Waals surface area contributed by atoms with E-state index < -0.39 is 39.4 Å². The minimum absolute atomic E-state index is 0.000741. The van der Waals surface area contributed by atoms with E-state index in [1.807, 2.05) is 37.3 Å². The molecule has 1 aliphatic rings. The third-order valence-electron chi connectivity index (χ3n) is 7.28. The van der Waals surface area contributed by atoms with Crippen LogP contribution in [0.15, 0.2) is 47.4 Å². The second-order valence-electron chi connectivity index (χ2n) is 9.89. The maximum absolute atomic E-state index is 13.9. The molecule has 9 nitrogen and oxygen atoms in total. The number of fused-ring (bicyclic) bond motifs is 1. The van der Waals surface area contributed by atoms with E-state index in [0.29, 0.717) is 29.7 Å². The second kappa shape index (κ2) is 12.7. The number of aliphatic carboxylic acids is 2. The molecule has 2 aromatic carbocycles. The Balaban J connectivity index is 2.11. The number of carboxylic acid groups (broad SMARTS) is 2. The van der Waals surface area contributed by atoms with Crippen LogP contribution in [0.1, 0.15) is 75.1 Å². The molecule has 0 amide bonds. The molecule has 0 saturated heterocycles. The summed E-state index contributed by atoms with van der Waals surface area (Å²) in [7, 11) is -2.25. The number of hydrogen-bond donors (Lipinski definition) is 4. The molecule has 0 aromatic heterocycles. The number of rotatable bonds is 13. The highest BCUT2D eigenvalue weighted by molar-refractivity contribution is 7.91. The van der Waals surface area contributed by atoms with Gasteiger partial charge in [0.2, 0.25) is 0 Å². The van der Waals surface area contributed by atoms with Gasteiger partial charge in [-0.05, 0) is 42.5 Å². The summed E-state index contributed by atoms with van der Waals surface area (Å²) in [6.07, 6.45) is 2.78. The van der Waals surface area contributed by atoms with Crippen LogP contribution in [0, 0.1) is 0 Å². The van der Waals surface area contributed by atoms with Crippen LogP contribution < -0.4 is 15.4 Å². The maximum Gasteiger partial charge on any atom is 0.320 e. The van der Waals surface area contributed by atoms with Crippen molar-refractivity contribution < 1.29 is 33.0 Å². The predicted octanol–water partition coefficient (Wildman–Crippen LogP) is 3.91. The third-order valence-corrected chi connectivity index (χ3v) is 9.23. The molecular formula is C28H38N2O7S. The number of ether oxygens (including phenoxy) is 1. The van der Waals surface area contributed by atoms with Crippen LogP contribution in [0.3, 0.4) is 0 Å². The average Bonchev–Trinajstić information content (AvgIpc) is 2.99. The van der Waals surface area contributed by atoms with Crippen molar-refractivity contribution in [1.82, 2.24) is 10.6 Å². The Morgan fingerprint density at radius 3 is 2.47 bits per heavy atom. The number of sulfone groups is 1. The van der Waals surface area contributed by atoms with Gasteiger partial charge in [0.15, 0.2) is 9.84 Å². The van der Waals surface area contributed by atoms with Gasteiger partial charge in [0.25, 0.3) is 0 Å². The van der Waals surface area contributed by atoms with E-state index >= 15 is 0 Å². The zero-order valence-corrected chi connectivity index (χ0v) is 23.0. The van der Waals surface area contributed by atoms with Crippen molar-refractivity contribution in [3.05, 3.63) is 59.2 Å². The quantitative estimate of drug-likeness (QED) is 0.294. The Labute approximate surface area is 224 Å². The van der Waals surface area contributed by atoms with Gasteiger partial charge in [-0.3, -0.25) is 14.9 Å². The highest BCUT2D eigenvalue weighted by Crippen LogP contribution is 2.40. The van der Waals surface area contributed by atoms with E-state index in [0.717, 1.165) is 18.4 Å². The van der Waals surface area contributed by atoms with Gasteiger partial charge in [-0.15, -0.1) is 0 Å². The molecule has 4 N–H and O–H groups in total. The van der Waals surface area contributed by atoms with Gasteiger partial charge in [-0.2, -0.15) is 0 Å². The molecule has 38 heavy (non-hydrogen) atoms. The van der Waals surface area contributed by atoms with Crippen molar-refractivity contribution in [2.75, 3.05) is 12.9 Å². The third kappa shape index (κ3) is 6.92. The molecule has 0 fully saturated rings. The topological polar surface area (TPSA) is 142 Å². The first-order valence-corrected chi connectivity index (χ1v) is 14.6. The second-order valence-corrected chi connectivity index (χ2v) is 11.8. The van der Waals surface area contributed by atoms with Gasteiger partial charge in [-0.1, -0.05) is 57.0 Å². The first-order valence-electron chi connectivity index (χ1n) is 13.0.